The van der Waals surface area contributed by atoms with E-state index in [-0.39, 0.29) is 18.1 Å². The Morgan fingerprint density at radius 1 is 1.19 bits per heavy atom. The molecule has 26 heavy (non-hydrogen) atoms. The molecule has 3 rings (SSSR count). The summed E-state index contributed by atoms with van der Waals surface area (Å²) in [5.74, 6) is 0.543. The summed E-state index contributed by atoms with van der Waals surface area (Å²) in [7, 11) is 0. The second-order valence-electron chi connectivity index (χ2n) is 6.83. The van der Waals surface area contributed by atoms with Gasteiger partial charge in [-0.15, -0.1) is 0 Å². The predicted octanol–water partition coefficient (Wildman–Crippen LogP) is 3.69. The maximum atomic E-state index is 12.9. The van der Waals surface area contributed by atoms with Crippen molar-refractivity contribution in [1.29, 1.82) is 0 Å². The smallest absolute Gasteiger partial charge is 0.255 e. The van der Waals surface area contributed by atoms with Crippen molar-refractivity contribution in [3.63, 3.8) is 0 Å². The molecule has 0 atom stereocenters. The third kappa shape index (κ3) is 4.82. The van der Waals surface area contributed by atoms with E-state index in [0.29, 0.717) is 18.0 Å². The van der Waals surface area contributed by atoms with Gasteiger partial charge in [0.05, 0.1) is 18.8 Å². The minimum atomic E-state index is -0.0195. The van der Waals surface area contributed by atoms with E-state index >= 15 is 0 Å². The fourth-order valence-electron chi connectivity index (χ4n) is 2.98. The Balaban J connectivity index is 1.66. The molecule has 0 spiro atoms. The van der Waals surface area contributed by atoms with Crippen LogP contribution in [0.3, 0.4) is 0 Å². The van der Waals surface area contributed by atoms with Gasteiger partial charge in [-0.05, 0) is 25.5 Å². The summed E-state index contributed by atoms with van der Waals surface area (Å²) in [6.45, 7) is 6.08. The molecule has 5 nitrogen and oxygen atoms in total. The van der Waals surface area contributed by atoms with Crippen LogP contribution in [0.2, 0.25) is 0 Å². The van der Waals surface area contributed by atoms with Gasteiger partial charge in [-0.1, -0.05) is 30.3 Å². The number of amides is 1. The first-order chi connectivity index (χ1) is 12.6. The fourth-order valence-corrected chi connectivity index (χ4v) is 2.98. The second-order valence-corrected chi connectivity index (χ2v) is 6.83. The highest BCUT2D eigenvalue weighted by atomic mass is 16.5. The van der Waals surface area contributed by atoms with Crippen molar-refractivity contribution in [3.8, 4) is 5.88 Å². The van der Waals surface area contributed by atoms with E-state index in [1.165, 1.54) is 0 Å². The van der Waals surface area contributed by atoms with Gasteiger partial charge < -0.3 is 14.4 Å². The fraction of sp³-hybridized carbons (Fsp3) is 0.429. The zero-order valence-corrected chi connectivity index (χ0v) is 15.4. The Labute approximate surface area is 155 Å². The molecule has 0 aliphatic carbocycles. The van der Waals surface area contributed by atoms with Crippen molar-refractivity contribution in [2.75, 3.05) is 13.2 Å². The number of hydrogen-bond acceptors (Lipinski definition) is 4. The lowest BCUT2D eigenvalue weighted by atomic mass is 10.1. The van der Waals surface area contributed by atoms with E-state index in [9.17, 15) is 4.79 Å². The molecule has 138 valence electrons. The molecule has 2 heterocycles. The lowest BCUT2D eigenvalue weighted by Gasteiger charge is -2.27. The van der Waals surface area contributed by atoms with Crippen LogP contribution in [0.1, 0.15) is 42.6 Å². The molecule has 0 radical (unpaired) electrons. The molecule has 0 saturated carbocycles. The number of rotatable bonds is 6. The van der Waals surface area contributed by atoms with Crippen molar-refractivity contribution in [2.45, 2.75) is 45.4 Å². The minimum absolute atomic E-state index is 0.0195. The molecule has 0 bridgehead atoms. The Morgan fingerprint density at radius 2 is 1.92 bits per heavy atom. The summed E-state index contributed by atoms with van der Waals surface area (Å²) in [6.07, 6.45) is 3.50. The van der Waals surface area contributed by atoms with Gasteiger partial charge in [0.2, 0.25) is 5.88 Å². The van der Waals surface area contributed by atoms with Crippen LogP contribution in [-0.4, -0.2) is 41.2 Å². The SMILES string of the molecule is CC(C)N(Cc1ccccc1)C(=O)c1ccc(OC2CCOCC2)nc1. The van der Waals surface area contributed by atoms with Crippen LogP contribution in [0, 0.1) is 0 Å². The maximum absolute atomic E-state index is 12.9. The van der Waals surface area contributed by atoms with E-state index in [2.05, 4.69) is 4.98 Å². The van der Waals surface area contributed by atoms with Crippen molar-refractivity contribution in [2.24, 2.45) is 0 Å². The van der Waals surface area contributed by atoms with Gasteiger partial charge in [0, 0.05) is 37.7 Å². The first kappa shape index (κ1) is 18.4. The molecule has 2 aromatic rings. The average Bonchev–Trinajstić information content (AvgIpc) is 2.67. The monoisotopic (exact) mass is 354 g/mol. The van der Waals surface area contributed by atoms with Gasteiger partial charge in [0.1, 0.15) is 6.10 Å². The van der Waals surface area contributed by atoms with E-state index in [1.54, 1.807) is 18.3 Å². The molecular formula is C21H26N2O3. The largest absolute Gasteiger partial charge is 0.474 e. The molecule has 1 aromatic carbocycles. The van der Waals surface area contributed by atoms with Crippen LogP contribution in [0.5, 0.6) is 5.88 Å². The van der Waals surface area contributed by atoms with E-state index in [1.807, 2.05) is 49.1 Å². The van der Waals surface area contributed by atoms with Crippen molar-refractivity contribution in [3.05, 3.63) is 59.8 Å². The van der Waals surface area contributed by atoms with E-state index in [0.717, 1.165) is 31.6 Å². The average molecular weight is 354 g/mol. The Morgan fingerprint density at radius 3 is 2.54 bits per heavy atom. The van der Waals surface area contributed by atoms with Crippen molar-refractivity contribution < 1.29 is 14.3 Å². The number of nitrogens with zero attached hydrogens (tertiary/aromatic N) is 2. The Hall–Kier alpha value is -2.40. The maximum Gasteiger partial charge on any atom is 0.255 e. The molecule has 1 amide bonds. The standard InChI is InChI=1S/C21H26N2O3/c1-16(2)23(15-17-6-4-3-5-7-17)21(24)18-8-9-20(22-14-18)26-19-10-12-25-13-11-19/h3-9,14,16,19H,10-13,15H2,1-2H3. The van der Waals surface area contributed by atoms with Crippen LogP contribution < -0.4 is 4.74 Å². The number of pyridine rings is 1. The van der Waals surface area contributed by atoms with Gasteiger partial charge in [-0.3, -0.25) is 4.79 Å². The number of aromatic nitrogens is 1. The first-order valence-electron chi connectivity index (χ1n) is 9.19. The molecule has 0 N–H and O–H groups in total. The second kappa shape index (κ2) is 8.81. The summed E-state index contributed by atoms with van der Waals surface area (Å²) in [5, 5.41) is 0. The summed E-state index contributed by atoms with van der Waals surface area (Å²) in [6, 6.07) is 13.7. The Kier molecular flexibility index (Phi) is 6.23. The van der Waals surface area contributed by atoms with E-state index in [4.69, 9.17) is 9.47 Å². The number of hydrogen-bond donors (Lipinski definition) is 0. The van der Waals surface area contributed by atoms with E-state index < -0.39 is 0 Å². The van der Waals surface area contributed by atoms with Crippen molar-refractivity contribution in [1.82, 2.24) is 9.88 Å². The van der Waals surface area contributed by atoms with Crippen LogP contribution in [0.25, 0.3) is 0 Å². The minimum Gasteiger partial charge on any atom is -0.474 e. The molecule has 1 aliphatic heterocycles. The molecule has 1 aromatic heterocycles. The molecule has 5 heteroatoms. The number of benzene rings is 1. The van der Waals surface area contributed by atoms with Gasteiger partial charge in [0.15, 0.2) is 0 Å². The van der Waals surface area contributed by atoms with Crippen LogP contribution >= 0.6 is 0 Å². The highest BCUT2D eigenvalue weighted by molar-refractivity contribution is 5.94. The predicted molar refractivity (Wildman–Crippen MR) is 100 cm³/mol. The van der Waals surface area contributed by atoms with Gasteiger partial charge in [0.25, 0.3) is 5.91 Å². The summed E-state index contributed by atoms with van der Waals surface area (Å²) < 4.78 is 11.2. The molecule has 1 saturated heterocycles. The highest BCUT2D eigenvalue weighted by Crippen LogP contribution is 2.18. The lowest BCUT2D eigenvalue weighted by Crippen LogP contribution is -2.36. The summed E-state index contributed by atoms with van der Waals surface area (Å²) >= 11 is 0. The van der Waals surface area contributed by atoms with Gasteiger partial charge >= 0.3 is 0 Å². The Bertz CT molecular complexity index is 695. The topological polar surface area (TPSA) is 51.7 Å². The zero-order valence-electron chi connectivity index (χ0n) is 15.4. The molecule has 0 unspecified atom stereocenters. The zero-order chi connectivity index (χ0) is 18.4. The highest BCUT2D eigenvalue weighted by Gasteiger charge is 2.20. The van der Waals surface area contributed by atoms with Gasteiger partial charge in [-0.2, -0.15) is 0 Å². The molecular weight excluding hydrogens is 328 g/mol. The summed E-state index contributed by atoms with van der Waals surface area (Å²) in [4.78, 5) is 19.1. The number of ether oxygens (including phenoxy) is 2. The van der Waals surface area contributed by atoms with Gasteiger partial charge in [-0.25, -0.2) is 4.98 Å². The summed E-state index contributed by atoms with van der Waals surface area (Å²) in [5.41, 5.74) is 1.69. The first-order valence-corrected chi connectivity index (χ1v) is 9.19. The van der Waals surface area contributed by atoms with Crippen molar-refractivity contribution >= 4 is 5.91 Å². The quantitative estimate of drug-likeness (QED) is 0.794. The normalized spacial score (nSPS) is 15.0. The van der Waals surface area contributed by atoms with Crippen LogP contribution in [0.4, 0.5) is 0 Å². The number of carbonyl (C=O) groups is 1. The molecule has 1 aliphatic rings. The lowest BCUT2D eigenvalue weighted by molar-refractivity contribution is 0.0237. The third-order valence-corrected chi connectivity index (χ3v) is 4.52. The third-order valence-electron chi connectivity index (χ3n) is 4.52. The van der Waals surface area contributed by atoms with Crippen LogP contribution in [0.15, 0.2) is 48.7 Å². The van der Waals surface area contributed by atoms with Crippen LogP contribution in [-0.2, 0) is 11.3 Å². The molecule has 1 fully saturated rings. The number of carbonyl (C=O) groups excluding carboxylic acids is 1.